The van der Waals surface area contributed by atoms with Gasteiger partial charge in [-0.2, -0.15) is 0 Å². The molecule has 2 bridgehead atoms. The molecule has 3 aliphatic carbocycles. The summed E-state index contributed by atoms with van der Waals surface area (Å²) in [6, 6.07) is 22.1. The Morgan fingerprint density at radius 2 is 1.74 bits per heavy atom. The van der Waals surface area contributed by atoms with Gasteiger partial charge in [0, 0.05) is 42.0 Å². The van der Waals surface area contributed by atoms with Crippen LogP contribution in [-0.4, -0.2) is 49.2 Å². The Balaban J connectivity index is 1.46. The number of likely N-dealkylation sites (tertiary alicyclic amines) is 1. The highest BCUT2D eigenvalue weighted by Crippen LogP contribution is 2.69. The van der Waals surface area contributed by atoms with Gasteiger partial charge in [0.2, 0.25) is 5.91 Å². The Labute approximate surface area is 228 Å². The summed E-state index contributed by atoms with van der Waals surface area (Å²) in [4.78, 5) is 28.7. The largest absolute Gasteiger partial charge is 0.496 e. The molecule has 1 amide bonds. The zero-order valence-electron chi connectivity index (χ0n) is 22.5. The molecule has 3 aromatic rings. The molecule has 4 aliphatic rings. The van der Waals surface area contributed by atoms with Gasteiger partial charge in [0.05, 0.1) is 19.6 Å². The second-order valence-electron chi connectivity index (χ2n) is 11.0. The van der Waals surface area contributed by atoms with Crippen molar-refractivity contribution in [2.45, 2.75) is 31.1 Å². The molecule has 6 heteroatoms. The lowest BCUT2D eigenvalue weighted by atomic mass is 9.42. The summed E-state index contributed by atoms with van der Waals surface area (Å²) in [6.45, 7) is 2.60. The van der Waals surface area contributed by atoms with Crippen LogP contribution in [0.4, 0.5) is 0 Å². The van der Waals surface area contributed by atoms with Crippen LogP contribution in [0.1, 0.15) is 46.6 Å². The van der Waals surface area contributed by atoms with Crippen molar-refractivity contribution >= 4 is 18.0 Å². The minimum Gasteiger partial charge on any atom is -0.496 e. The smallest absolute Gasteiger partial charge is 0.312 e. The molecule has 4 atom stereocenters. The average molecular weight is 524 g/mol. The van der Waals surface area contributed by atoms with Crippen molar-refractivity contribution in [2.24, 2.45) is 11.3 Å². The van der Waals surface area contributed by atoms with Crippen molar-refractivity contribution in [3.05, 3.63) is 101 Å². The van der Waals surface area contributed by atoms with Crippen molar-refractivity contribution < 1.29 is 24.2 Å². The molecule has 1 saturated carbocycles. The molecule has 2 fully saturated rings. The lowest BCUT2D eigenvalue weighted by Gasteiger charge is -2.59. The molecule has 1 heterocycles. The molecule has 6 nitrogen and oxygen atoms in total. The van der Waals surface area contributed by atoms with Gasteiger partial charge < -0.3 is 19.5 Å². The Kier molecular flexibility index (Phi) is 6.01. The predicted molar refractivity (Wildman–Crippen MR) is 149 cm³/mol. The second kappa shape index (κ2) is 9.30. The minimum atomic E-state index is -1.06. The van der Waals surface area contributed by atoms with Gasteiger partial charge in [-0.3, -0.25) is 9.59 Å². The first-order valence-electron chi connectivity index (χ1n) is 13.4. The number of fused-ring (bicyclic) bond motifs is 1. The second-order valence-corrected chi connectivity index (χ2v) is 11.0. The fraction of sp³-hybridized carbons (Fsp3) is 0.333. The van der Waals surface area contributed by atoms with Crippen LogP contribution in [0.5, 0.6) is 11.5 Å². The van der Waals surface area contributed by atoms with E-state index >= 15 is 0 Å². The number of amides is 1. The van der Waals surface area contributed by atoms with Gasteiger partial charge in [0.25, 0.3) is 0 Å². The number of benzene rings is 3. The first-order chi connectivity index (χ1) is 18.9. The highest BCUT2D eigenvalue weighted by atomic mass is 16.5. The summed E-state index contributed by atoms with van der Waals surface area (Å²) in [5, 5.41) is 10.9. The molecule has 1 aliphatic heterocycles. The van der Waals surface area contributed by atoms with Crippen molar-refractivity contribution in [1.82, 2.24) is 4.90 Å². The minimum absolute atomic E-state index is 0.145. The van der Waals surface area contributed by atoms with Crippen molar-refractivity contribution in [3.8, 4) is 11.5 Å². The fourth-order valence-electron chi connectivity index (χ4n) is 7.85. The van der Waals surface area contributed by atoms with Crippen LogP contribution in [0.3, 0.4) is 0 Å². The summed E-state index contributed by atoms with van der Waals surface area (Å²) < 4.78 is 11.0. The van der Waals surface area contributed by atoms with Crippen molar-refractivity contribution in [3.63, 3.8) is 0 Å². The number of aryl methyl sites for hydroxylation is 1. The van der Waals surface area contributed by atoms with Crippen LogP contribution in [0.2, 0.25) is 0 Å². The predicted octanol–water partition coefficient (Wildman–Crippen LogP) is 5.43. The first-order valence-corrected chi connectivity index (χ1v) is 13.4. The van der Waals surface area contributed by atoms with Gasteiger partial charge >= 0.3 is 5.97 Å². The number of methoxy groups -OCH3 is 2. The number of ether oxygens (including phenoxy) is 2. The summed E-state index contributed by atoms with van der Waals surface area (Å²) in [5.41, 5.74) is 3.65. The quantitative estimate of drug-likeness (QED) is 0.436. The molecule has 7 rings (SSSR count). The van der Waals surface area contributed by atoms with Gasteiger partial charge in [-0.1, -0.05) is 54.6 Å². The van der Waals surface area contributed by atoms with E-state index in [0.717, 1.165) is 40.8 Å². The summed E-state index contributed by atoms with van der Waals surface area (Å²) in [5.74, 6) is 0.0924. The highest BCUT2D eigenvalue weighted by molar-refractivity contribution is 5.93. The molecule has 0 unspecified atom stereocenters. The van der Waals surface area contributed by atoms with E-state index in [-0.39, 0.29) is 24.3 Å². The molecule has 0 aromatic heterocycles. The number of rotatable bonds is 6. The van der Waals surface area contributed by atoms with E-state index in [4.69, 9.17) is 9.47 Å². The van der Waals surface area contributed by atoms with Crippen molar-refractivity contribution in [2.75, 3.05) is 27.3 Å². The van der Waals surface area contributed by atoms with Gasteiger partial charge in [-0.25, -0.2) is 0 Å². The van der Waals surface area contributed by atoms with Crippen LogP contribution >= 0.6 is 0 Å². The molecular weight excluding hydrogens is 490 g/mol. The molecule has 200 valence electrons. The fourth-order valence-corrected chi connectivity index (χ4v) is 7.85. The average Bonchev–Trinajstić information content (AvgIpc) is 3.40. The standard InChI is InChI=1S/C33H33NO5/c1-21-18-23(13-14-27(21)38-2)32-17-16-26(24-9-5-6-10-25(24)32)33(31(36)37)20-34(19-29(32)33)30(35)15-12-22-8-4-7-11-28(22)39-3/h4-15,18,26,29H,16-17,19-20H2,1-3H3,(H,36,37)/b15-12+/t26-,29-,32-,33-/m0/s1. The van der Waals surface area contributed by atoms with Crippen LogP contribution in [-0.2, 0) is 15.0 Å². The topological polar surface area (TPSA) is 76.1 Å². The Bertz CT molecular complexity index is 1490. The number of carbonyl (C=O) groups excluding carboxylic acids is 1. The molecule has 3 aromatic carbocycles. The number of hydrogen-bond donors (Lipinski definition) is 1. The van der Waals surface area contributed by atoms with E-state index < -0.39 is 16.8 Å². The number of para-hydroxylation sites is 1. The van der Waals surface area contributed by atoms with Gasteiger partial charge in [0.15, 0.2) is 0 Å². The number of carboxylic acids is 1. The summed E-state index contributed by atoms with van der Waals surface area (Å²) in [6.07, 6.45) is 4.91. The van der Waals surface area contributed by atoms with E-state index in [1.807, 2.05) is 49.4 Å². The number of hydrogen-bond acceptors (Lipinski definition) is 4. The van der Waals surface area contributed by atoms with Gasteiger partial charge in [-0.15, -0.1) is 0 Å². The van der Waals surface area contributed by atoms with Crippen LogP contribution in [0.25, 0.3) is 6.08 Å². The lowest BCUT2D eigenvalue weighted by Crippen LogP contribution is -2.60. The summed E-state index contributed by atoms with van der Waals surface area (Å²) >= 11 is 0. The van der Waals surface area contributed by atoms with Gasteiger partial charge in [0.1, 0.15) is 11.5 Å². The molecule has 39 heavy (non-hydrogen) atoms. The third-order valence-corrected chi connectivity index (χ3v) is 9.50. The zero-order chi connectivity index (χ0) is 27.4. The van der Waals surface area contributed by atoms with E-state index in [2.05, 4.69) is 24.3 Å². The molecule has 0 radical (unpaired) electrons. The maximum Gasteiger partial charge on any atom is 0.312 e. The Morgan fingerprint density at radius 1 is 1.00 bits per heavy atom. The number of carbonyl (C=O) groups is 2. The van der Waals surface area contributed by atoms with Crippen LogP contribution in [0, 0.1) is 18.3 Å². The van der Waals surface area contributed by atoms with E-state index in [0.29, 0.717) is 12.3 Å². The van der Waals surface area contributed by atoms with Crippen molar-refractivity contribution in [1.29, 1.82) is 0 Å². The molecule has 0 spiro atoms. The maximum absolute atomic E-state index is 13.6. The zero-order valence-corrected chi connectivity index (χ0v) is 22.5. The van der Waals surface area contributed by atoms with Crippen LogP contribution in [0.15, 0.2) is 72.8 Å². The highest BCUT2D eigenvalue weighted by Gasteiger charge is 2.70. The van der Waals surface area contributed by atoms with E-state index in [1.165, 1.54) is 5.56 Å². The number of carboxylic acid groups (broad SMARTS) is 1. The molecular formula is C33H33NO5. The number of nitrogens with zero attached hydrogens (tertiary/aromatic N) is 1. The normalized spacial score (nSPS) is 26.8. The van der Waals surface area contributed by atoms with E-state index in [9.17, 15) is 14.7 Å². The summed E-state index contributed by atoms with van der Waals surface area (Å²) in [7, 11) is 3.26. The SMILES string of the molecule is COc1ccc([C@@]23CC[C@@H](c4ccccc42)[C@@]2(C(=O)O)CN(C(=O)/C=C/c4ccccc4OC)C[C@@H]32)cc1C. The third kappa shape index (κ3) is 3.54. The molecule has 1 N–H and O–H groups in total. The Hall–Kier alpha value is -4.06. The lowest BCUT2D eigenvalue weighted by molar-refractivity contribution is -0.157. The Morgan fingerprint density at radius 3 is 2.49 bits per heavy atom. The first kappa shape index (κ1) is 25.2. The number of aliphatic carboxylic acids is 1. The van der Waals surface area contributed by atoms with Gasteiger partial charge in [-0.05, 0) is 60.2 Å². The molecule has 1 saturated heterocycles. The van der Waals surface area contributed by atoms with Crippen LogP contribution < -0.4 is 9.47 Å². The van der Waals surface area contributed by atoms with E-state index in [1.54, 1.807) is 31.3 Å². The third-order valence-electron chi connectivity index (χ3n) is 9.50. The monoisotopic (exact) mass is 523 g/mol. The maximum atomic E-state index is 13.6.